The van der Waals surface area contributed by atoms with Crippen LogP contribution in [0.3, 0.4) is 0 Å². The van der Waals surface area contributed by atoms with Gasteiger partial charge in [-0.2, -0.15) is 0 Å². The van der Waals surface area contributed by atoms with Crippen molar-refractivity contribution in [3.63, 3.8) is 0 Å². The van der Waals surface area contributed by atoms with Crippen molar-refractivity contribution in [2.45, 2.75) is 12.7 Å². The molecular weight excluding hydrogens is 222 g/mol. The number of ether oxygens (including phenoxy) is 2. The second-order valence-electron chi connectivity index (χ2n) is 3.67. The monoisotopic (exact) mass is 233 g/mol. The lowest BCUT2D eigenvalue weighted by atomic mass is 10.1. The van der Waals surface area contributed by atoms with Gasteiger partial charge >= 0.3 is 0 Å². The molecule has 1 aromatic rings. The van der Waals surface area contributed by atoms with Crippen LogP contribution in [0.1, 0.15) is 12.5 Å². The fraction of sp³-hybridized carbons (Fsp3) is 0.167. The minimum atomic E-state index is -0.885. The van der Waals surface area contributed by atoms with Crippen molar-refractivity contribution in [3.8, 4) is 0 Å². The van der Waals surface area contributed by atoms with Crippen molar-refractivity contribution >= 4 is 11.8 Å². The van der Waals surface area contributed by atoms with Crippen LogP contribution >= 0.6 is 0 Å². The van der Waals surface area contributed by atoms with Gasteiger partial charge in [-0.25, -0.2) is 0 Å². The van der Waals surface area contributed by atoms with E-state index in [1.54, 1.807) is 37.3 Å². The van der Waals surface area contributed by atoms with Gasteiger partial charge < -0.3 is 9.47 Å². The van der Waals surface area contributed by atoms with Crippen molar-refractivity contribution in [2.24, 2.45) is 0 Å². The lowest BCUT2D eigenvalue weighted by molar-refractivity contribution is -0.385. The Morgan fingerprint density at radius 3 is 2.59 bits per heavy atom. The standard InChI is InChI=1S/C12H11NO4/c1-12(16-8-9-17-12)7-6-10-4-2-3-5-11(10)13(14)15/h2-9H,1H3. The Labute approximate surface area is 98.1 Å². The average Bonchev–Trinajstić information content (AvgIpc) is 2.74. The predicted molar refractivity (Wildman–Crippen MR) is 61.8 cm³/mol. The van der Waals surface area contributed by atoms with Gasteiger partial charge in [-0.3, -0.25) is 10.1 Å². The molecule has 0 amide bonds. The maximum atomic E-state index is 10.8. The molecule has 5 nitrogen and oxygen atoms in total. The Kier molecular flexibility index (Phi) is 2.82. The van der Waals surface area contributed by atoms with E-state index in [-0.39, 0.29) is 5.69 Å². The van der Waals surface area contributed by atoms with Crippen LogP contribution in [0.2, 0.25) is 0 Å². The SMILES string of the molecule is CC1(C=Cc2ccccc2[N+](=O)[O-])OC=CO1. The highest BCUT2D eigenvalue weighted by Crippen LogP contribution is 2.25. The Bertz CT molecular complexity index is 485. The highest BCUT2D eigenvalue weighted by atomic mass is 16.7. The molecule has 0 N–H and O–H groups in total. The zero-order chi connectivity index (χ0) is 12.3. The molecular formula is C12H11NO4. The molecule has 1 aliphatic heterocycles. The fourth-order valence-electron chi connectivity index (χ4n) is 1.47. The summed E-state index contributed by atoms with van der Waals surface area (Å²) < 4.78 is 10.4. The minimum Gasteiger partial charge on any atom is -0.454 e. The van der Waals surface area contributed by atoms with Gasteiger partial charge in [0.2, 0.25) is 0 Å². The summed E-state index contributed by atoms with van der Waals surface area (Å²) >= 11 is 0. The third kappa shape index (κ3) is 2.44. The molecule has 0 bridgehead atoms. The number of benzene rings is 1. The number of nitro benzene ring substituents is 1. The van der Waals surface area contributed by atoms with E-state index in [1.165, 1.54) is 18.6 Å². The molecule has 0 aromatic heterocycles. The molecule has 1 aromatic carbocycles. The molecule has 0 unspecified atom stereocenters. The third-order valence-electron chi connectivity index (χ3n) is 2.36. The van der Waals surface area contributed by atoms with E-state index in [2.05, 4.69) is 0 Å². The Hall–Kier alpha value is -2.30. The molecule has 1 heterocycles. The van der Waals surface area contributed by atoms with Gasteiger partial charge in [0.05, 0.1) is 10.5 Å². The van der Waals surface area contributed by atoms with Crippen molar-refractivity contribution in [3.05, 3.63) is 58.5 Å². The number of hydrogen-bond donors (Lipinski definition) is 0. The Morgan fingerprint density at radius 1 is 1.29 bits per heavy atom. The molecule has 0 spiro atoms. The smallest absolute Gasteiger partial charge is 0.276 e. The van der Waals surface area contributed by atoms with E-state index in [0.717, 1.165) is 0 Å². The summed E-state index contributed by atoms with van der Waals surface area (Å²) in [5.41, 5.74) is 0.566. The first-order chi connectivity index (χ1) is 8.11. The van der Waals surface area contributed by atoms with Crippen LogP contribution in [0.5, 0.6) is 0 Å². The van der Waals surface area contributed by atoms with Crippen LogP contribution in [-0.4, -0.2) is 10.7 Å². The zero-order valence-corrected chi connectivity index (χ0v) is 9.20. The lowest BCUT2D eigenvalue weighted by Gasteiger charge is -2.18. The minimum absolute atomic E-state index is 0.0540. The van der Waals surface area contributed by atoms with E-state index >= 15 is 0 Å². The molecule has 88 valence electrons. The molecule has 0 radical (unpaired) electrons. The van der Waals surface area contributed by atoms with Crippen molar-refractivity contribution in [1.29, 1.82) is 0 Å². The van der Waals surface area contributed by atoms with Crippen LogP contribution in [0.4, 0.5) is 5.69 Å². The number of nitrogens with zero attached hydrogens (tertiary/aromatic N) is 1. The summed E-state index contributed by atoms with van der Waals surface area (Å²) in [6.45, 7) is 1.72. The molecule has 1 aliphatic rings. The predicted octanol–water partition coefficient (Wildman–Crippen LogP) is 2.84. The average molecular weight is 233 g/mol. The van der Waals surface area contributed by atoms with Gasteiger partial charge in [0.15, 0.2) is 0 Å². The summed E-state index contributed by atoms with van der Waals surface area (Å²) in [6, 6.07) is 6.49. The topological polar surface area (TPSA) is 61.6 Å². The second kappa shape index (κ2) is 4.29. The quantitative estimate of drug-likeness (QED) is 0.594. The van der Waals surface area contributed by atoms with Crippen LogP contribution in [0, 0.1) is 10.1 Å². The van der Waals surface area contributed by atoms with Gasteiger partial charge in [0.25, 0.3) is 11.5 Å². The van der Waals surface area contributed by atoms with Crippen LogP contribution in [0.15, 0.2) is 42.9 Å². The molecule has 17 heavy (non-hydrogen) atoms. The van der Waals surface area contributed by atoms with E-state index < -0.39 is 10.7 Å². The normalized spacial score (nSPS) is 16.8. The summed E-state index contributed by atoms with van der Waals surface area (Å²) in [4.78, 5) is 10.4. The first kappa shape index (κ1) is 11.2. The number of hydrogen-bond acceptors (Lipinski definition) is 4. The summed E-state index contributed by atoms with van der Waals surface area (Å²) in [7, 11) is 0. The van der Waals surface area contributed by atoms with Gasteiger partial charge in [0.1, 0.15) is 12.5 Å². The van der Waals surface area contributed by atoms with Crippen LogP contribution in [-0.2, 0) is 9.47 Å². The van der Waals surface area contributed by atoms with E-state index in [9.17, 15) is 10.1 Å². The second-order valence-corrected chi connectivity index (χ2v) is 3.67. The maximum absolute atomic E-state index is 10.8. The van der Waals surface area contributed by atoms with E-state index in [4.69, 9.17) is 9.47 Å². The maximum Gasteiger partial charge on any atom is 0.276 e. The molecule has 0 atom stereocenters. The van der Waals surface area contributed by atoms with Gasteiger partial charge in [-0.1, -0.05) is 12.1 Å². The largest absolute Gasteiger partial charge is 0.454 e. The van der Waals surface area contributed by atoms with Crippen LogP contribution in [0.25, 0.3) is 6.08 Å². The first-order valence-corrected chi connectivity index (χ1v) is 5.04. The summed E-state index contributed by atoms with van der Waals surface area (Å²) in [5, 5.41) is 10.8. The summed E-state index contributed by atoms with van der Waals surface area (Å²) in [5.74, 6) is -0.885. The molecule has 0 aliphatic carbocycles. The zero-order valence-electron chi connectivity index (χ0n) is 9.20. The van der Waals surface area contributed by atoms with Crippen molar-refractivity contribution < 1.29 is 14.4 Å². The first-order valence-electron chi connectivity index (χ1n) is 5.04. The lowest BCUT2D eigenvalue weighted by Crippen LogP contribution is -2.21. The molecule has 0 saturated heterocycles. The molecule has 5 heteroatoms. The van der Waals surface area contributed by atoms with Gasteiger partial charge in [-0.05, 0) is 18.2 Å². The third-order valence-corrected chi connectivity index (χ3v) is 2.36. The molecule has 0 saturated carbocycles. The van der Waals surface area contributed by atoms with Crippen LogP contribution < -0.4 is 0 Å². The molecule has 0 fully saturated rings. The summed E-state index contributed by atoms with van der Waals surface area (Å²) in [6.07, 6.45) is 6.12. The van der Waals surface area contributed by atoms with E-state index in [0.29, 0.717) is 5.56 Å². The van der Waals surface area contributed by atoms with E-state index in [1.807, 2.05) is 0 Å². The molecule has 2 rings (SSSR count). The van der Waals surface area contributed by atoms with Gasteiger partial charge in [0, 0.05) is 13.0 Å². The number of rotatable bonds is 3. The Morgan fingerprint density at radius 2 is 1.94 bits per heavy atom. The highest BCUT2D eigenvalue weighted by molar-refractivity contribution is 5.61. The van der Waals surface area contributed by atoms with Gasteiger partial charge in [-0.15, -0.1) is 0 Å². The highest BCUT2D eigenvalue weighted by Gasteiger charge is 2.25. The van der Waals surface area contributed by atoms with Crippen molar-refractivity contribution in [1.82, 2.24) is 0 Å². The number of nitro groups is 1. The number of para-hydroxylation sites is 1. The Balaban J connectivity index is 2.24. The van der Waals surface area contributed by atoms with Crippen molar-refractivity contribution in [2.75, 3.05) is 0 Å². The fourth-order valence-corrected chi connectivity index (χ4v) is 1.47.